The van der Waals surface area contributed by atoms with E-state index in [0.29, 0.717) is 41.8 Å². The number of para-hydroxylation sites is 1. The largest absolute Gasteiger partial charge is 0.368 e. The van der Waals surface area contributed by atoms with E-state index in [0.717, 1.165) is 5.69 Å². The van der Waals surface area contributed by atoms with Crippen molar-refractivity contribution in [1.29, 1.82) is 0 Å². The molecule has 134 valence electrons. The van der Waals surface area contributed by atoms with Crippen LogP contribution in [0.4, 0.5) is 5.69 Å². The summed E-state index contributed by atoms with van der Waals surface area (Å²) in [5.74, 6) is 0. The van der Waals surface area contributed by atoms with Crippen molar-refractivity contribution in [2.75, 3.05) is 31.1 Å². The molecule has 0 aliphatic carbocycles. The quantitative estimate of drug-likeness (QED) is 0.737. The Morgan fingerprint density at radius 1 is 0.880 bits per heavy atom. The Kier molecular flexibility index (Phi) is 5.51. The van der Waals surface area contributed by atoms with Crippen LogP contribution in [-0.2, 0) is 10.0 Å². The molecule has 1 aliphatic rings. The minimum atomic E-state index is -3.62. The molecular formula is C17H17Cl3N2O2S. The third-order valence-corrected chi connectivity index (χ3v) is 7.35. The predicted octanol–water partition coefficient (Wildman–Crippen LogP) is 4.47. The van der Waals surface area contributed by atoms with Crippen LogP contribution in [0.5, 0.6) is 0 Å². The lowest BCUT2D eigenvalue weighted by Gasteiger charge is -2.36. The maximum Gasteiger partial charge on any atom is 0.243 e. The van der Waals surface area contributed by atoms with Gasteiger partial charge in [-0.2, -0.15) is 4.31 Å². The average Bonchev–Trinajstić information content (AvgIpc) is 2.58. The van der Waals surface area contributed by atoms with E-state index in [1.165, 1.54) is 10.4 Å². The molecule has 2 aromatic rings. The summed E-state index contributed by atoms with van der Waals surface area (Å²) in [6.45, 7) is 3.63. The molecule has 1 saturated heterocycles. The molecule has 2 aromatic carbocycles. The number of sulfonamides is 1. The van der Waals surface area contributed by atoms with E-state index in [4.69, 9.17) is 34.8 Å². The van der Waals surface area contributed by atoms with E-state index in [1.54, 1.807) is 13.0 Å². The van der Waals surface area contributed by atoms with E-state index < -0.39 is 10.0 Å². The molecule has 0 unspecified atom stereocenters. The molecule has 0 atom stereocenters. The lowest BCUT2D eigenvalue weighted by molar-refractivity contribution is 0.384. The summed E-state index contributed by atoms with van der Waals surface area (Å²) in [5, 5.41) is 1.25. The highest BCUT2D eigenvalue weighted by Gasteiger charge is 2.30. The van der Waals surface area contributed by atoms with Crippen LogP contribution in [0.25, 0.3) is 0 Å². The lowest BCUT2D eigenvalue weighted by Crippen LogP contribution is -2.48. The van der Waals surface area contributed by atoms with Gasteiger partial charge in [0.05, 0.1) is 25.7 Å². The molecular weight excluding hydrogens is 403 g/mol. The van der Waals surface area contributed by atoms with Gasteiger partial charge in [0.25, 0.3) is 0 Å². The van der Waals surface area contributed by atoms with Gasteiger partial charge < -0.3 is 4.90 Å². The van der Waals surface area contributed by atoms with Gasteiger partial charge in [0, 0.05) is 26.2 Å². The molecule has 0 spiro atoms. The van der Waals surface area contributed by atoms with Crippen LogP contribution in [0.2, 0.25) is 15.1 Å². The van der Waals surface area contributed by atoms with Gasteiger partial charge in [-0.3, -0.25) is 0 Å². The molecule has 4 nitrogen and oxygen atoms in total. The van der Waals surface area contributed by atoms with Gasteiger partial charge in [-0.25, -0.2) is 8.42 Å². The summed E-state index contributed by atoms with van der Waals surface area (Å²) in [7, 11) is -3.62. The second-order valence-electron chi connectivity index (χ2n) is 5.87. The summed E-state index contributed by atoms with van der Waals surface area (Å²) >= 11 is 18.2. The van der Waals surface area contributed by atoms with Crippen LogP contribution in [0, 0.1) is 6.92 Å². The third kappa shape index (κ3) is 3.76. The molecule has 8 heteroatoms. The van der Waals surface area contributed by atoms with Crippen LogP contribution >= 0.6 is 34.8 Å². The van der Waals surface area contributed by atoms with Crippen molar-refractivity contribution < 1.29 is 8.42 Å². The zero-order valence-corrected chi connectivity index (χ0v) is 16.6. The Morgan fingerprint density at radius 2 is 1.48 bits per heavy atom. The van der Waals surface area contributed by atoms with E-state index in [9.17, 15) is 8.42 Å². The van der Waals surface area contributed by atoms with E-state index in [2.05, 4.69) is 4.90 Å². The first kappa shape index (κ1) is 18.8. The number of hydrogen-bond donors (Lipinski definition) is 0. The van der Waals surface area contributed by atoms with Crippen molar-refractivity contribution >= 4 is 50.5 Å². The number of benzene rings is 2. The van der Waals surface area contributed by atoms with Gasteiger partial charge in [0.2, 0.25) is 10.0 Å². The standard InChI is InChI=1S/C17H17Cl3N2O2S/c1-12-10-14(19)15(20)11-17(12)25(23,24)22-8-6-21(7-9-22)16-5-3-2-4-13(16)18/h2-5,10-11H,6-9H2,1H3. The Morgan fingerprint density at radius 3 is 2.12 bits per heavy atom. The van der Waals surface area contributed by atoms with E-state index >= 15 is 0 Å². The van der Waals surface area contributed by atoms with Gasteiger partial charge >= 0.3 is 0 Å². The molecule has 0 N–H and O–H groups in total. The van der Waals surface area contributed by atoms with Crippen molar-refractivity contribution in [1.82, 2.24) is 4.31 Å². The third-order valence-electron chi connectivity index (χ3n) is 4.27. The van der Waals surface area contributed by atoms with Gasteiger partial charge in [-0.1, -0.05) is 46.9 Å². The number of aryl methyl sites for hydroxylation is 1. The topological polar surface area (TPSA) is 40.6 Å². The maximum absolute atomic E-state index is 13.0. The highest BCUT2D eigenvalue weighted by molar-refractivity contribution is 7.89. The van der Waals surface area contributed by atoms with Crippen molar-refractivity contribution in [3.05, 3.63) is 57.0 Å². The van der Waals surface area contributed by atoms with Crippen LogP contribution in [0.1, 0.15) is 5.56 Å². The molecule has 1 heterocycles. The minimum Gasteiger partial charge on any atom is -0.368 e. The van der Waals surface area contributed by atoms with Gasteiger partial charge in [0.15, 0.2) is 0 Å². The monoisotopic (exact) mass is 418 g/mol. The van der Waals surface area contributed by atoms with Crippen LogP contribution < -0.4 is 4.90 Å². The summed E-state index contributed by atoms with van der Waals surface area (Å²) < 4.78 is 27.4. The smallest absolute Gasteiger partial charge is 0.243 e. The van der Waals surface area contributed by atoms with Crippen molar-refractivity contribution in [3.8, 4) is 0 Å². The van der Waals surface area contributed by atoms with Crippen LogP contribution in [0.3, 0.4) is 0 Å². The zero-order chi connectivity index (χ0) is 18.2. The zero-order valence-electron chi connectivity index (χ0n) is 13.5. The molecule has 0 saturated carbocycles. The fourth-order valence-corrected chi connectivity index (χ4v) is 5.28. The molecule has 0 amide bonds. The number of nitrogens with zero attached hydrogens (tertiary/aromatic N) is 2. The molecule has 1 fully saturated rings. The second kappa shape index (κ2) is 7.33. The first-order valence-corrected chi connectivity index (χ1v) is 10.3. The minimum absolute atomic E-state index is 0.202. The van der Waals surface area contributed by atoms with Crippen molar-refractivity contribution in [2.24, 2.45) is 0 Å². The maximum atomic E-state index is 13.0. The second-order valence-corrected chi connectivity index (χ2v) is 9.00. The molecule has 3 rings (SSSR count). The SMILES string of the molecule is Cc1cc(Cl)c(Cl)cc1S(=O)(=O)N1CCN(c2ccccc2Cl)CC1. The molecule has 0 aromatic heterocycles. The highest BCUT2D eigenvalue weighted by atomic mass is 35.5. The Labute approximate surface area is 162 Å². The summed E-state index contributed by atoms with van der Waals surface area (Å²) in [6, 6.07) is 10.6. The first-order valence-electron chi connectivity index (χ1n) is 7.76. The van der Waals surface area contributed by atoms with Crippen molar-refractivity contribution in [2.45, 2.75) is 11.8 Å². The number of hydrogen-bond acceptors (Lipinski definition) is 3. The molecule has 25 heavy (non-hydrogen) atoms. The fourth-order valence-electron chi connectivity index (χ4n) is 2.92. The number of rotatable bonds is 3. The first-order chi connectivity index (χ1) is 11.8. The van der Waals surface area contributed by atoms with Crippen LogP contribution in [0.15, 0.2) is 41.3 Å². The normalized spacial score (nSPS) is 16.2. The Hall–Kier alpha value is -0.980. The number of halogens is 3. The molecule has 0 bridgehead atoms. The van der Waals surface area contributed by atoms with Crippen molar-refractivity contribution in [3.63, 3.8) is 0 Å². The Balaban J connectivity index is 1.81. The van der Waals surface area contributed by atoms with Gasteiger partial charge in [0.1, 0.15) is 0 Å². The fraction of sp³-hybridized carbons (Fsp3) is 0.294. The van der Waals surface area contributed by atoms with E-state index in [1.807, 2.05) is 24.3 Å². The predicted molar refractivity (Wildman–Crippen MR) is 104 cm³/mol. The Bertz CT molecular complexity index is 895. The van der Waals surface area contributed by atoms with E-state index in [-0.39, 0.29) is 9.92 Å². The van der Waals surface area contributed by atoms with Crippen LogP contribution in [-0.4, -0.2) is 38.9 Å². The van der Waals surface area contributed by atoms with Gasteiger partial charge in [-0.05, 0) is 36.8 Å². The number of piperazine rings is 1. The summed E-state index contributed by atoms with van der Waals surface area (Å²) in [6.07, 6.45) is 0. The average molecular weight is 420 g/mol. The highest BCUT2D eigenvalue weighted by Crippen LogP contribution is 2.31. The summed E-state index contributed by atoms with van der Waals surface area (Å²) in [4.78, 5) is 2.30. The molecule has 0 radical (unpaired) electrons. The lowest BCUT2D eigenvalue weighted by atomic mass is 10.2. The number of anilines is 1. The molecule has 1 aliphatic heterocycles. The van der Waals surface area contributed by atoms with Gasteiger partial charge in [-0.15, -0.1) is 0 Å². The summed E-state index contributed by atoms with van der Waals surface area (Å²) in [5.41, 5.74) is 1.51.